The first-order valence-electron chi connectivity index (χ1n) is 9.91. The van der Waals surface area contributed by atoms with Gasteiger partial charge in [0.05, 0.1) is 0 Å². The van der Waals surface area contributed by atoms with Gasteiger partial charge in [0.25, 0.3) is 0 Å². The summed E-state index contributed by atoms with van der Waals surface area (Å²) < 4.78 is 1.35. The summed E-state index contributed by atoms with van der Waals surface area (Å²) in [6.07, 6.45) is 1.80. The van der Waals surface area contributed by atoms with Crippen LogP contribution >= 0.6 is 11.3 Å². The number of urea groups is 1. The number of thiophene rings is 1. The maximum atomic E-state index is 12.3. The van der Waals surface area contributed by atoms with Crippen molar-refractivity contribution in [3.05, 3.63) is 70.1 Å². The Labute approximate surface area is 170 Å². The van der Waals surface area contributed by atoms with Gasteiger partial charge in [-0.3, -0.25) is 0 Å². The highest BCUT2D eigenvalue weighted by Crippen LogP contribution is 2.29. The molecule has 28 heavy (non-hydrogen) atoms. The first kappa shape index (κ1) is 19.0. The minimum Gasteiger partial charge on any atom is -0.337 e. The van der Waals surface area contributed by atoms with Gasteiger partial charge in [-0.15, -0.1) is 11.3 Å². The van der Waals surface area contributed by atoms with Gasteiger partial charge in [0.15, 0.2) is 0 Å². The van der Waals surface area contributed by atoms with Crippen LogP contribution in [0.25, 0.3) is 10.1 Å². The molecule has 2 aromatic carbocycles. The smallest absolute Gasteiger partial charge is 0.315 e. The SMILES string of the molecule is Cc1cccc2cc(C[C@H](C)NC(=O)NCC3Cc4ccccc4CN3)sc12. The number of carbonyl (C=O) groups is 1. The van der Waals surface area contributed by atoms with Crippen molar-refractivity contribution in [2.75, 3.05) is 6.54 Å². The second-order valence-electron chi connectivity index (χ2n) is 7.72. The topological polar surface area (TPSA) is 53.2 Å². The molecule has 4 rings (SSSR count). The monoisotopic (exact) mass is 393 g/mol. The van der Waals surface area contributed by atoms with E-state index in [0.717, 1.165) is 19.4 Å². The Hall–Kier alpha value is -2.37. The first-order chi connectivity index (χ1) is 13.6. The standard InChI is InChI=1S/C23H27N3OS/c1-15-6-5-9-18-12-21(28-22(15)18)10-16(2)26-23(27)25-14-20-11-17-7-3-4-8-19(17)13-24-20/h3-9,12,16,20,24H,10-11,13-14H2,1-2H3,(H2,25,26,27)/t16-,20?/m0/s1. The summed E-state index contributed by atoms with van der Waals surface area (Å²) in [5.41, 5.74) is 4.05. The van der Waals surface area contributed by atoms with Crippen molar-refractivity contribution < 1.29 is 4.79 Å². The van der Waals surface area contributed by atoms with Crippen LogP contribution in [0.5, 0.6) is 0 Å². The van der Waals surface area contributed by atoms with Gasteiger partial charge in [-0.25, -0.2) is 4.79 Å². The molecule has 0 saturated heterocycles. The Morgan fingerprint density at radius 1 is 1.21 bits per heavy atom. The van der Waals surface area contributed by atoms with Crippen molar-refractivity contribution in [1.29, 1.82) is 0 Å². The predicted molar refractivity (Wildman–Crippen MR) is 117 cm³/mol. The van der Waals surface area contributed by atoms with Crippen molar-refractivity contribution in [3.8, 4) is 0 Å². The molecule has 0 bridgehead atoms. The molecular weight excluding hydrogens is 366 g/mol. The van der Waals surface area contributed by atoms with Crippen LogP contribution in [0.15, 0.2) is 48.5 Å². The number of amides is 2. The molecule has 0 saturated carbocycles. The molecule has 1 aromatic heterocycles. The van der Waals surface area contributed by atoms with E-state index in [1.807, 2.05) is 11.3 Å². The number of carbonyl (C=O) groups excluding carboxylic acids is 1. The van der Waals surface area contributed by atoms with E-state index in [1.165, 1.54) is 31.7 Å². The van der Waals surface area contributed by atoms with E-state index in [4.69, 9.17) is 0 Å². The predicted octanol–water partition coefficient (Wildman–Crippen LogP) is 4.15. The Balaban J connectivity index is 1.26. The molecule has 3 N–H and O–H groups in total. The summed E-state index contributed by atoms with van der Waals surface area (Å²) in [6.45, 7) is 5.71. The summed E-state index contributed by atoms with van der Waals surface area (Å²) in [5, 5.41) is 10.9. The molecule has 0 fully saturated rings. The van der Waals surface area contributed by atoms with E-state index in [-0.39, 0.29) is 18.1 Å². The molecule has 5 heteroatoms. The third-order valence-electron chi connectivity index (χ3n) is 5.35. The second-order valence-corrected chi connectivity index (χ2v) is 8.85. The fourth-order valence-corrected chi connectivity index (χ4v) is 5.13. The number of benzene rings is 2. The number of nitrogens with one attached hydrogen (secondary N) is 3. The van der Waals surface area contributed by atoms with Crippen LogP contribution in [-0.4, -0.2) is 24.7 Å². The highest BCUT2D eigenvalue weighted by atomic mass is 32.1. The number of hydrogen-bond acceptors (Lipinski definition) is 3. The van der Waals surface area contributed by atoms with E-state index < -0.39 is 0 Å². The molecule has 4 nitrogen and oxygen atoms in total. The minimum absolute atomic E-state index is 0.0911. The van der Waals surface area contributed by atoms with E-state index in [0.29, 0.717) is 6.54 Å². The van der Waals surface area contributed by atoms with E-state index in [1.54, 1.807) is 0 Å². The highest BCUT2D eigenvalue weighted by molar-refractivity contribution is 7.19. The lowest BCUT2D eigenvalue weighted by atomic mass is 9.96. The Morgan fingerprint density at radius 3 is 2.86 bits per heavy atom. The molecule has 2 atom stereocenters. The third-order valence-corrected chi connectivity index (χ3v) is 6.66. The molecule has 3 aromatic rings. The fraction of sp³-hybridized carbons (Fsp3) is 0.348. The van der Waals surface area contributed by atoms with Crippen molar-refractivity contribution in [2.24, 2.45) is 0 Å². The Kier molecular flexibility index (Phi) is 5.64. The molecule has 0 spiro atoms. The van der Waals surface area contributed by atoms with Gasteiger partial charge < -0.3 is 16.0 Å². The molecular formula is C23H27N3OS. The molecule has 1 aliphatic rings. The number of hydrogen-bond donors (Lipinski definition) is 3. The summed E-state index contributed by atoms with van der Waals surface area (Å²) >= 11 is 1.83. The molecule has 1 unspecified atom stereocenters. The summed E-state index contributed by atoms with van der Waals surface area (Å²) in [7, 11) is 0. The summed E-state index contributed by atoms with van der Waals surface area (Å²) in [4.78, 5) is 13.6. The van der Waals surface area contributed by atoms with Gasteiger partial charge >= 0.3 is 6.03 Å². The molecule has 146 valence electrons. The number of aryl methyl sites for hydroxylation is 1. The van der Waals surface area contributed by atoms with Crippen LogP contribution in [0.3, 0.4) is 0 Å². The molecule has 0 aliphatic carbocycles. The fourth-order valence-electron chi connectivity index (χ4n) is 3.87. The van der Waals surface area contributed by atoms with Crippen LogP contribution in [-0.2, 0) is 19.4 Å². The van der Waals surface area contributed by atoms with E-state index >= 15 is 0 Å². The largest absolute Gasteiger partial charge is 0.337 e. The minimum atomic E-state index is -0.0922. The second kappa shape index (κ2) is 8.33. The molecule has 1 aliphatic heterocycles. The van der Waals surface area contributed by atoms with Crippen LogP contribution in [0, 0.1) is 6.92 Å². The van der Waals surface area contributed by atoms with Crippen molar-refractivity contribution in [2.45, 2.75) is 45.3 Å². The van der Waals surface area contributed by atoms with Crippen LogP contribution in [0.1, 0.15) is 28.5 Å². The zero-order chi connectivity index (χ0) is 19.5. The molecule has 2 heterocycles. The Morgan fingerprint density at radius 2 is 2.04 bits per heavy atom. The van der Waals surface area contributed by atoms with Gasteiger partial charge in [0.1, 0.15) is 0 Å². The van der Waals surface area contributed by atoms with Crippen molar-refractivity contribution >= 4 is 27.5 Å². The van der Waals surface area contributed by atoms with Crippen molar-refractivity contribution in [1.82, 2.24) is 16.0 Å². The zero-order valence-corrected chi connectivity index (χ0v) is 17.2. The van der Waals surface area contributed by atoms with Gasteiger partial charge in [-0.2, -0.15) is 0 Å². The van der Waals surface area contributed by atoms with Gasteiger partial charge in [0.2, 0.25) is 0 Å². The van der Waals surface area contributed by atoms with E-state index in [9.17, 15) is 4.79 Å². The average molecular weight is 394 g/mol. The van der Waals surface area contributed by atoms with Gasteiger partial charge in [-0.05, 0) is 48.4 Å². The first-order valence-corrected chi connectivity index (χ1v) is 10.7. The van der Waals surface area contributed by atoms with Crippen LogP contribution in [0.2, 0.25) is 0 Å². The lowest BCUT2D eigenvalue weighted by Crippen LogP contribution is -2.48. The highest BCUT2D eigenvalue weighted by Gasteiger charge is 2.18. The summed E-state index contributed by atoms with van der Waals surface area (Å²) in [6, 6.07) is 17.4. The third kappa shape index (κ3) is 4.37. The lowest BCUT2D eigenvalue weighted by molar-refractivity contribution is 0.236. The van der Waals surface area contributed by atoms with E-state index in [2.05, 4.69) is 78.3 Å². The zero-order valence-electron chi connectivity index (χ0n) is 16.4. The number of rotatable bonds is 5. The van der Waals surface area contributed by atoms with Crippen molar-refractivity contribution in [3.63, 3.8) is 0 Å². The lowest BCUT2D eigenvalue weighted by Gasteiger charge is -2.26. The van der Waals surface area contributed by atoms with Gasteiger partial charge in [0, 0.05) is 41.2 Å². The summed E-state index contributed by atoms with van der Waals surface area (Å²) in [5.74, 6) is 0. The molecule has 0 radical (unpaired) electrons. The maximum Gasteiger partial charge on any atom is 0.315 e. The number of fused-ring (bicyclic) bond motifs is 2. The average Bonchev–Trinajstić information content (AvgIpc) is 3.10. The normalized spacial score (nSPS) is 17.1. The van der Waals surface area contributed by atoms with Gasteiger partial charge in [-0.1, -0.05) is 42.5 Å². The van der Waals surface area contributed by atoms with Crippen LogP contribution in [0.4, 0.5) is 4.79 Å². The maximum absolute atomic E-state index is 12.3. The quantitative estimate of drug-likeness (QED) is 0.610. The molecule has 2 amide bonds. The Bertz CT molecular complexity index is 981. The van der Waals surface area contributed by atoms with Crippen LogP contribution < -0.4 is 16.0 Å².